The van der Waals surface area contributed by atoms with Gasteiger partial charge in [0.2, 0.25) is 0 Å². The van der Waals surface area contributed by atoms with Gasteiger partial charge in [0.25, 0.3) is 0 Å². The van der Waals surface area contributed by atoms with Gasteiger partial charge in [-0.1, -0.05) is 12.8 Å². The van der Waals surface area contributed by atoms with E-state index in [4.69, 9.17) is 0 Å². The number of urea groups is 1. The first kappa shape index (κ1) is 9.81. The molecule has 2 aliphatic rings. The van der Waals surface area contributed by atoms with Crippen LogP contribution in [0.1, 0.15) is 39.0 Å². The Morgan fingerprint density at radius 3 is 2.93 bits per heavy atom. The van der Waals surface area contributed by atoms with Gasteiger partial charge in [-0.15, -0.1) is 0 Å². The maximum atomic E-state index is 11.7. The van der Waals surface area contributed by atoms with E-state index in [1.54, 1.807) is 0 Å². The Morgan fingerprint density at radius 2 is 2.14 bits per heavy atom. The van der Waals surface area contributed by atoms with Crippen molar-refractivity contribution in [2.75, 3.05) is 13.1 Å². The molecule has 0 spiro atoms. The van der Waals surface area contributed by atoms with Crippen LogP contribution in [0.2, 0.25) is 0 Å². The molecule has 0 radical (unpaired) electrons. The smallest absolute Gasteiger partial charge is 0.317 e. The molecule has 1 heterocycles. The molecule has 80 valence electrons. The molecule has 1 saturated heterocycles. The van der Waals surface area contributed by atoms with Gasteiger partial charge in [0.15, 0.2) is 0 Å². The van der Waals surface area contributed by atoms with Crippen LogP contribution in [0.4, 0.5) is 4.79 Å². The summed E-state index contributed by atoms with van der Waals surface area (Å²) in [6.45, 7) is 3.69. The van der Waals surface area contributed by atoms with Crippen LogP contribution in [0.25, 0.3) is 0 Å². The fourth-order valence-electron chi connectivity index (χ4n) is 2.91. The van der Waals surface area contributed by atoms with Crippen molar-refractivity contribution in [2.24, 2.45) is 5.92 Å². The largest absolute Gasteiger partial charge is 0.338 e. The Labute approximate surface area is 85.8 Å². The summed E-state index contributed by atoms with van der Waals surface area (Å²) < 4.78 is 0. The summed E-state index contributed by atoms with van der Waals surface area (Å²) >= 11 is 0. The standard InChI is InChI=1S/C11H20N2O/c1-2-12-11(14)13-8-7-9-5-3-4-6-10(9)13/h9-10H,2-8H2,1H3,(H,12,14). The highest BCUT2D eigenvalue weighted by Crippen LogP contribution is 2.35. The fraction of sp³-hybridized carbons (Fsp3) is 0.909. The van der Waals surface area contributed by atoms with Gasteiger partial charge < -0.3 is 10.2 Å². The lowest BCUT2D eigenvalue weighted by Crippen LogP contribution is -2.44. The summed E-state index contributed by atoms with van der Waals surface area (Å²) in [5.41, 5.74) is 0. The molecular formula is C11H20N2O. The van der Waals surface area contributed by atoms with Crippen molar-refractivity contribution < 1.29 is 4.79 Å². The van der Waals surface area contributed by atoms with Gasteiger partial charge in [-0.3, -0.25) is 0 Å². The van der Waals surface area contributed by atoms with E-state index in [1.807, 2.05) is 6.92 Å². The number of amides is 2. The molecule has 1 aliphatic carbocycles. The average molecular weight is 196 g/mol. The van der Waals surface area contributed by atoms with Crippen LogP contribution in [0, 0.1) is 5.92 Å². The number of likely N-dealkylation sites (tertiary alicyclic amines) is 1. The Kier molecular flexibility index (Phi) is 2.94. The lowest BCUT2D eigenvalue weighted by Gasteiger charge is -2.31. The van der Waals surface area contributed by atoms with Crippen LogP contribution in [0.5, 0.6) is 0 Å². The van der Waals surface area contributed by atoms with Crippen LogP contribution >= 0.6 is 0 Å². The monoisotopic (exact) mass is 196 g/mol. The van der Waals surface area contributed by atoms with Crippen LogP contribution in [-0.4, -0.2) is 30.1 Å². The molecule has 0 bridgehead atoms. The van der Waals surface area contributed by atoms with Gasteiger partial charge in [0.05, 0.1) is 0 Å². The molecule has 1 N–H and O–H groups in total. The Morgan fingerprint density at radius 1 is 1.36 bits per heavy atom. The molecule has 2 unspecified atom stereocenters. The third-order valence-electron chi connectivity index (χ3n) is 3.60. The van der Waals surface area contributed by atoms with Crippen molar-refractivity contribution >= 4 is 6.03 Å². The van der Waals surface area contributed by atoms with Crippen LogP contribution in [0.3, 0.4) is 0 Å². The summed E-state index contributed by atoms with van der Waals surface area (Å²) in [6, 6.07) is 0.706. The number of nitrogens with zero attached hydrogens (tertiary/aromatic N) is 1. The van der Waals surface area contributed by atoms with Gasteiger partial charge in [0.1, 0.15) is 0 Å². The molecular weight excluding hydrogens is 176 g/mol. The Hall–Kier alpha value is -0.730. The highest BCUT2D eigenvalue weighted by molar-refractivity contribution is 5.74. The van der Waals surface area contributed by atoms with E-state index in [9.17, 15) is 4.79 Å². The zero-order chi connectivity index (χ0) is 9.97. The molecule has 1 aliphatic heterocycles. The second kappa shape index (κ2) is 4.20. The minimum Gasteiger partial charge on any atom is -0.338 e. The lowest BCUT2D eigenvalue weighted by molar-refractivity contribution is 0.170. The van der Waals surface area contributed by atoms with E-state index in [1.165, 1.54) is 32.1 Å². The van der Waals surface area contributed by atoms with Crippen molar-refractivity contribution in [1.29, 1.82) is 0 Å². The summed E-state index contributed by atoms with van der Waals surface area (Å²) in [4.78, 5) is 13.8. The van der Waals surface area contributed by atoms with Crippen molar-refractivity contribution in [1.82, 2.24) is 10.2 Å². The molecule has 2 amide bonds. The zero-order valence-corrected chi connectivity index (χ0v) is 8.96. The Bertz CT molecular complexity index is 217. The fourth-order valence-corrected chi connectivity index (χ4v) is 2.91. The van der Waals surface area contributed by atoms with E-state index in [-0.39, 0.29) is 6.03 Å². The van der Waals surface area contributed by atoms with Gasteiger partial charge in [0, 0.05) is 19.1 Å². The zero-order valence-electron chi connectivity index (χ0n) is 8.96. The SMILES string of the molecule is CCNC(=O)N1CCC2CCCCC21. The molecule has 0 aromatic heterocycles. The first-order chi connectivity index (χ1) is 6.83. The first-order valence-electron chi connectivity index (χ1n) is 5.87. The van der Waals surface area contributed by atoms with Crippen LogP contribution in [-0.2, 0) is 0 Å². The molecule has 2 fully saturated rings. The summed E-state index contributed by atoms with van der Waals surface area (Å²) in [5, 5.41) is 2.91. The van der Waals surface area contributed by atoms with Gasteiger partial charge in [-0.2, -0.15) is 0 Å². The van der Waals surface area contributed by atoms with E-state index in [0.717, 1.165) is 19.0 Å². The topological polar surface area (TPSA) is 32.3 Å². The second-order valence-electron chi connectivity index (χ2n) is 4.43. The number of hydrogen-bond acceptors (Lipinski definition) is 1. The maximum Gasteiger partial charge on any atom is 0.317 e. The summed E-state index contributed by atoms with van der Waals surface area (Å²) in [5.74, 6) is 0.798. The molecule has 2 rings (SSSR count). The predicted octanol–water partition coefficient (Wildman–Crippen LogP) is 1.98. The van der Waals surface area contributed by atoms with Gasteiger partial charge >= 0.3 is 6.03 Å². The van der Waals surface area contributed by atoms with E-state index >= 15 is 0 Å². The molecule has 2 atom stereocenters. The minimum absolute atomic E-state index is 0.155. The molecule has 3 nitrogen and oxygen atoms in total. The first-order valence-corrected chi connectivity index (χ1v) is 5.87. The van der Waals surface area contributed by atoms with Crippen molar-refractivity contribution in [2.45, 2.75) is 45.1 Å². The van der Waals surface area contributed by atoms with Crippen LogP contribution in [0.15, 0.2) is 0 Å². The molecule has 0 aromatic rings. The number of carbonyl (C=O) groups is 1. The van der Waals surface area contributed by atoms with Gasteiger partial charge in [-0.25, -0.2) is 4.79 Å². The lowest BCUT2D eigenvalue weighted by atomic mass is 9.85. The normalized spacial score (nSPS) is 31.4. The second-order valence-corrected chi connectivity index (χ2v) is 4.43. The van der Waals surface area contributed by atoms with E-state index in [2.05, 4.69) is 10.2 Å². The molecule has 14 heavy (non-hydrogen) atoms. The van der Waals surface area contributed by atoms with Crippen molar-refractivity contribution in [3.63, 3.8) is 0 Å². The van der Waals surface area contributed by atoms with Crippen molar-refractivity contribution in [3.05, 3.63) is 0 Å². The van der Waals surface area contributed by atoms with Crippen molar-refractivity contribution in [3.8, 4) is 0 Å². The number of hydrogen-bond donors (Lipinski definition) is 1. The van der Waals surface area contributed by atoms with Crippen LogP contribution < -0.4 is 5.32 Å². The summed E-state index contributed by atoms with van der Waals surface area (Å²) in [7, 11) is 0. The Balaban J connectivity index is 1.96. The highest BCUT2D eigenvalue weighted by atomic mass is 16.2. The predicted molar refractivity (Wildman–Crippen MR) is 56.1 cm³/mol. The number of rotatable bonds is 1. The number of nitrogens with one attached hydrogen (secondary N) is 1. The quantitative estimate of drug-likeness (QED) is 0.683. The minimum atomic E-state index is 0.155. The van der Waals surface area contributed by atoms with E-state index < -0.39 is 0 Å². The highest BCUT2D eigenvalue weighted by Gasteiger charge is 2.37. The molecule has 3 heteroatoms. The maximum absolute atomic E-state index is 11.7. The average Bonchev–Trinajstić information content (AvgIpc) is 2.61. The molecule has 1 saturated carbocycles. The molecule has 0 aromatic carbocycles. The number of carbonyl (C=O) groups excluding carboxylic acids is 1. The third kappa shape index (κ3) is 1.72. The summed E-state index contributed by atoms with van der Waals surface area (Å²) in [6.07, 6.45) is 6.45. The van der Waals surface area contributed by atoms with E-state index in [0.29, 0.717) is 6.04 Å². The number of fused-ring (bicyclic) bond motifs is 1. The third-order valence-corrected chi connectivity index (χ3v) is 3.60. The van der Waals surface area contributed by atoms with Gasteiger partial charge in [-0.05, 0) is 32.1 Å².